The van der Waals surface area contributed by atoms with E-state index in [0.29, 0.717) is 30.4 Å². The fourth-order valence-electron chi connectivity index (χ4n) is 5.09. The third kappa shape index (κ3) is 5.56. The number of urea groups is 1. The van der Waals surface area contributed by atoms with Crippen LogP contribution in [0.3, 0.4) is 0 Å². The molecule has 202 valence electrons. The normalized spacial score (nSPS) is 21.4. The molecule has 0 saturated carbocycles. The first kappa shape index (κ1) is 25.7. The number of amides is 2. The molecule has 9 heteroatoms. The summed E-state index contributed by atoms with van der Waals surface area (Å²) in [7, 11) is 0. The van der Waals surface area contributed by atoms with Crippen molar-refractivity contribution in [1.29, 1.82) is 0 Å². The number of nitrogens with one attached hydrogen (secondary N) is 3. The summed E-state index contributed by atoms with van der Waals surface area (Å²) in [5.74, 6) is 0.465. The van der Waals surface area contributed by atoms with Crippen molar-refractivity contribution in [1.82, 2.24) is 15.3 Å². The van der Waals surface area contributed by atoms with Crippen LogP contribution in [0.5, 0.6) is 0 Å². The topological polar surface area (TPSA) is 114 Å². The molecule has 2 aliphatic rings. The van der Waals surface area contributed by atoms with Gasteiger partial charge in [-0.1, -0.05) is 54.6 Å². The SMILES string of the molecule is CC(=O)c1ccc(NC(=O)NC2COC3C(Nc4nccc(-c5ccc(-c6ccccc6)cc5)n4)COC23)cc1. The molecule has 0 spiro atoms. The first-order valence-electron chi connectivity index (χ1n) is 13.2. The van der Waals surface area contributed by atoms with Gasteiger partial charge < -0.3 is 25.4 Å². The Morgan fingerprint density at radius 1 is 0.775 bits per heavy atom. The Balaban J connectivity index is 1.06. The van der Waals surface area contributed by atoms with Crippen molar-refractivity contribution in [2.24, 2.45) is 0 Å². The number of aromatic nitrogens is 2. The van der Waals surface area contributed by atoms with Crippen LogP contribution >= 0.6 is 0 Å². The summed E-state index contributed by atoms with van der Waals surface area (Å²) in [5, 5.41) is 9.09. The number of Topliss-reactive ketones (excluding diaryl/α,β-unsaturated/α-hetero) is 1. The monoisotopic (exact) mass is 535 g/mol. The van der Waals surface area contributed by atoms with Gasteiger partial charge in [-0.2, -0.15) is 0 Å². The Kier molecular flexibility index (Phi) is 7.22. The summed E-state index contributed by atoms with van der Waals surface area (Å²) >= 11 is 0. The third-order valence-corrected chi connectivity index (χ3v) is 7.18. The third-order valence-electron chi connectivity index (χ3n) is 7.18. The molecule has 4 aromatic rings. The standard InChI is InChI=1S/C31H29N5O4/c1-19(37)20-11-13-24(14-12-20)33-31(38)36-27-18-40-28-26(17-39-29(27)28)35-30-32-16-15-25(34-30)23-9-7-22(8-10-23)21-5-3-2-4-6-21/h2-16,26-29H,17-18H2,1H3,(H,32,34,35)(H2,33,36,38). The number of benzene rings is 3. The summed E-state index contributed by atoms with van der Waals surface area (Å²) in [6.45, 7) is 2.24. The minimum Gasteiger partial charge on any atom is -0.371 e. The Bertz CT molecular complexity index is 1490. The predicted molar refractivity (Wildman–Crippen MR) is 152 cm³/mol. The molecular weight excluding hydrogens is 506 g/mol. The summed E-state index contributed by atoms with van der Waals surface area (Å²) in [4.78, 5) is 33.2. The van der Waals surface area contributed by atoms with Gasteiger partial charge in [-0.15, -0.1) is 0 Å². The van der Waals surface area contributed by atoms with Crippen LogP contribution < -0.4 is 16.0 Å². The van der Waals surface area contributed by atoms with Crippen LogP contribution in [0.2, 0.25) is 0 Å². The minimum atomic E-state index is -0.362. The molecule has 3 aromatic carbocycles. The van der Waals surface area contributed by atoms with Crippen LogP contribution in [0.25, 0.3) is 22.4 Å². The van der Waals surface area contributed by atoms with Crippen molar-refractivity contribution >= 4 is 23.5 Å². The van der Waals surface area contributed by atoms with Crippen LogP contribution in [0.1, 0.15) is 17.3 Å². The number of fused-ring (bicyclic) bond motifs is 1. The van der Waals surface area contributed by atoms with Crippen molar-refractivity contribution in [2.75, 3.05) is 23.8 Å². The van der Waals surface area contributed by atoms with E-state index in [4.69, 9.17) is 14.5 Å². The van der Waals surface area contributed by atoms with E-state index in [0.717, 1.165) is 16.8 Å². The molecule has 0 aliphatic carbocycles. The molecule has 40 heavy (non-hydrogen) atoms. The highest BCUT2D eigenvalue weighted by atomic mass is 16.6. The number of hydrogen-bond donors (Lipinski definition) is 3. The second kappa shape index (κ2) is 11.3. The van der Waals surface area contributed by atoms with E-state index in [-0.39, 0.29) is 36.1 Å². The van der Waals surface area contributed by atoms with E-state index >= 15 is 0 Å². The molecule has 2 fully saturated rings. The van der Waals surface area contributed by atoms with E-state index in [1.165, 1.54) is 12.5 Å². The Labute approximate surface area is 232 Å². The fourth-order valence-corrected chi connectivity index (χ4v) is 5.09. The van der Waals surface area contributed by atoms with E-state index in [1.54, 1.807) is 30.5 Å². The van der Waals surface area contributed by atoms with Crippen molar-refractivity contribution in [3.05, 3.63) is 96.7 Å². The molecule has 1 aromatic heterocycles. The molecule has 6 rings (SSSR count). The number of anilines is 2. The fraction of sp³-hybridized carbons (Fsp3) is 0.226. The lowest BCUT2D eigenvalue weighted by molar-refractivity contribution is 0.0683. The number of ether oxygens (including phenoxy) is 2. The first-order valence-corrected chi connectivity index (χ1v) is 13.2. The second-order valence-corrected chi connectivity index (χ2v) is 9.89. The van der Waals surface area contributed by atoms with Crippen LogP contribution in [-0.2, 0) is 9.47 Å². The van der Waals surface area contributed by atoms with E-state index in [1.807, 2.05) is 24.3 Å². The highest BCUT2D eigenvalue weighted by Crippen LogP contribution is 2.29. The van der Waals surface area contributed by atoms with E-state index in [2.05, 4.69) is 57.3 Å². The highest BCUT2D eigenvalue weighted by molar-refractivity contribution is 5.95. The van der Waals surface area contributed by atoms with Gasteiger partial charge in [0, 0.05) is 23.0 Å². The van der Waals surface area contributed by atoms with Crippen molar-refractivity contribution in [2.45, 2.75) is 31.2 Å². The zero-order valence-electron chi connectivity index (χ0n) is 21.9. The van der Waals surface area contributed by atoms with Crippen molar-refractivity contribution < 1.29 is 19.1 Å². The Hall–Kier alpha value is -4.60. The molecule has 4 atom stereocenters. The number of ketones is 1. The first-order chi connectivity index (χ1) is 19.5. The summed E-state index contributed by atoms with van der Waals surface area (Å²) in [5.41, 5.74) is 5.30. The number of nitrogens with zero attached hydrogens (tertiary/aromatic N) is 2. The maximum Gasteiger partial charge on any atom is 0.319 e. The molecule has 3 N–H and O–H groups in total. The summed E-state index contributed by atoms with van der Waals surface area (Å²) in [6.07, 6.45) is 1.19. The largest absolute Gasteiger partial charge is 0.371 e. The van der Waals surface area contributed by atoms with Gasteiger partial charge in [0.25, 0.3) is 0 Å². The summed E-state index contributed by atoms with van der Waals surface area (Å²) in [6, 6.07) is 26.4. The highest BCUT2D eigenvalue weighted by Gasteiger charge is 2.48. The van der Waals surface area contributed by atoms with E-state index in [9.17, 15) is 9.59 Å². The minimum absolute atomic E-state index is 0.0266. The van der Waals surface area contributed by atoms with Crippen molar-refractivity contribution in [3.8, 4) is 22.4 Å². The van der Waals surface area contributed by atoms with E-state index < -0.39 is 0 Å². The summed E-state index contributed by atoms with van der Waals surface area (Å²) < 4.78 is 12.0. The van der Waals surface area contributed by atoms with Gasteiger partial charge >= 0.3 is 6.03 Å². The maximum atomic E-state index is 12.6. The van der Waals surface area contributed by atoms with Crippen LogP contribution in [0.4, 0.5) is 16.4 Å². The Morgan fingerprint density at radius 3 is 2.15 bits per heavy atom. The molecule has 2 aliphatic heterocycles. The lowest BCUT2D eigenvalue weighted by atomic mass is 10.0. The van der Waals surface area contributed by atoms with Crippen molar-refractivity contribution in [3.63, 3.8) is 0 Å². The molecule has 9 nitrogen and oxygen atoms in total. The van der Waals surface area contributed by atoms with Gasteiger partial charge in [0.2, 0.25) is 5.95 Å². The smallest absolute Gasteiger partial charge is 0.319 e. The molecule has 0 bridgehead atoms. The molecule has 2 amide bonds. The van der Waals surface area contributed by atoms with Gasteiger partial charge in [0.1, 0.15) is 12.2 Å². The van der Waals surface area contributed by atoms with Crippen LogP contribution in [0, 0.1) is 0 Å². The average Bonchev–Trinajstić information content (AvgIpc) is 3.57. The zero-order chi connectivity index (χ0) is 27.5. The molecule has 4 unspecified atom stereocenters. The maximum absolute atomic E-state index is 12.6. The lowest BCUT2D eigenvalue weighted by Crippen LogP contribution is -2.46. The van der Waals surface area contributed by atoms with Gasteiger partial charge in [-0.25, -0.2) is 14.8 Å². The quantitative estimate of drug-likeness (QED) is 0.292. The number of hydrogen-bond acceptors (Lipinski definition) is 7. The van der Waals surface area contributed by atoms with Gasteiger partial charge in [-0.3, -0.25) is 4.79 Å². The average molecular weight is 536 g/mol. The number of carbonyl (C=O) groups is 2. The van der Waals surface area contributed by atoms with Crippen LogP contribution in [-0.4, -0.2) is 59.3 Å². The van der Waals surface area contributed by atoms with Gasteiger partial charge in [0.15, 0.2) is 5.78 Å². The van der Waals surface area contributed by atoms with Gasteiger partial charge in [-0.05, 0) is 48.4 Å². The Morgan fingerprint density at radius 2 is 1.43 bits per heavy atom. The lowest BCUT2D eigenvalue weighted by Gasteiger charge is -2.19. The predicted octanol–water partition coefficient (Wildman–Crippen LogP) is 4.78. The molecular formula is C31H29N5O4. The number of carbonyl (C=O) groups excluding carboxylic acids is 2. The second-order valence-electron chi connectivity index (χ2n) is 9.89. The molecule has 2 saturated heterocycles. The molecule has 3 heterocycles. The molecule has 0 radical (unpaired) electrons. The number of rotatable bonds is 7. The zero-order valence-corrected chi connectivity index (χ0v) is 21.9. The van der Waals surface area contributed by atoms with Gasteiger partial charge in [0.05, 0.1) is 31.0 Å². The van der Waals surface area contributed by atoms with Crippen LogP contribution in [0.15, 0.2) is 91.1 Å².